The monoisotopic (exact) mass is 289 g/mol. The van der Waals surface area contributed by atoms with Crippen LogP contribution in [0.4, 0.5) is 5.69 Å². The van der Waals surface area contributed by atoms with Gasteiger partial charge in [-0.3, -0.25) is 4.99 Å². The Morgan fingerprint density at radius 3 is 2.53 bits per heavy atom. The van der Waals surface area contributed by atoms with Crippen molar-refractivity contribution < 1.29 is 4.74 Å². The van der Waals surface area contributed by atoms with E-state index in [4.69, 9.17) is 4.74 Å². The third-order valence-corrected chi connectivity index (χ3v) is 2.94. The summed E-state index contributed by atoms with van der Waals surface area (Å²) in [5, 5.41) is 0. The quantitative estimate of drug-likeness (QED) is 0.776. The highest BCUT2D eigenvalue weighted by atomic mass is 79.9. The van der Waals surface area contributed by atoms with E-state index in [1.807, 2.05) is 54.7 Å². The molecule has 2 rings (SSSR count). The first-order valence-corrected chi connectivity index (χ1v) is 6.01. The molecule has 0 bridgehead atoms. The summed E-state index contributed by atoms with van der Waals surface area (Å²) in [6, 6.07) is 15.7. The van der Waals surface area contributed by atoms with Crippen molar-refractivity contribution in [3.05, 3.63) is 58.6 Å². The third kappa shape index (κ3) is 3.17. The molecule has 0 aliphatic rings. The van der Waals surface area contributed by atoms with Crippen molar-refractivity contribution in [2.24, 2.45) is 4.99 Å². The molecule has 86 valence electrons. The Bertz CT molecular complexity index is 523. The summed E-state index contributed by atoms with van der Waals surface area (Å²) in [5.74, 6) is 0.815. The lowest BCUT2D eigenvalue weighted by atomic mass is 10.2. The molecule has 2 nitrogen and oxygen atoms in total. The topological polar surface area (TPSA) is 21.6 Å². The minimum Gasteiger partial charge on any atom is -0.497 e. The van der Waals surface area contributed by atoms with Crippen molar-refractivity contribution in [2.45, 2.75) is 0 Å². The predicted octanol–water partition coefficient (Wildman–Crippen LogP) is 4.21. The van der Waals surface area contributed by atoms with Gasteiger partial charge in [0.2, 0.25) is 0 Å². The van der Waals surface area contributed by atoms with Crippen LogP contribution in [0.15, 0.2) is 58.0 Å². The lowest BCUT2D eigenvalue weighted by molar-refractivity contribution is 0.414. The first-order valence-electron chi connectivity index (χ1n) is 5.22. The molecule has 0 atom stereocenters. The van der Waals surface area contributed by atoms with Crippen molar-refractivity contribution in [1.29, 1.82) is 0 Å². The fraction of sp³-hybridized carbons (Fsp3) is 0.0714. The molecule has 0 aliphatic carbocycles. The maximum atomic E-state index is 5.13. The Morgan fingerprint density at radius 1 is 1.12 bits per heavy atom. The van der Waals surface area contributed by atoms with Crippen LogP contribution in [0.2, 0.25) is 0 Å². The van der Waals surface area contributed by atoms with Gasteiger partial charge < -0.3 is 4.74 Å². The average molecular weight is 290 g/mol. The summed E-state index contributed by atoms with van der Waals surface area (Å²) in [6.45, 7) is 0. The highest BCUT2D eigenvalue weighted by molar-refractivity contribution is 9.10. The van der Waals surface area contributed by atoms with Gasteiger partial charge in [-0.15, -0.1) is 0 Å². The fourth-order valence-electron chi connectivity index (χ4n) is 1.40. The summed E-state index contributed by atoms with van der Waals surface area (Å²) in [6.07, 6.45) is 1.84. The molecule has 2 aromatic carbocycles. The van der Waals surface area contributed by atoms with Crippen LogP contribution in [-0.2, 0) is 0 Å². The molecule has 2 aromatic rings. The van der Waals surface area contributed by atoms with Gasteiger partial charge in [-0.25, -0.2) is 0 Å². The van der Waals surface area contributed by atoms with Crippen LogP contribution in [0.5, 0.6) is 5.75 Å². The van der Waals surface area contributed by atoms with Gasteiger partial charge in [-0.1, -0.05) is 30.3 Å². The van der Waals surface area contributed by atoms with Crippen molar-refractivity contribution in [2.75, 3.05) is 7.11 Å². The van der Waals surface area contributed by atoms with E-state index < -0.39 is 0 Å². The van der Waals surface area contributed by atoms with Crippen LogP contribution in [-0.4, -0.2) is 13.3 Å². The molecule has 0 aromatic heterocycles. The van der Waals surface area contributed by atoms with Gasteiger partial charge in [-0.05, 0) is 39.7 Å². The van der Waals surface area contributed by atoms with Crippen LogP contribution in [0.3, 0.4) is 0 Å². The fourth-order valence-corrected chi connectivity index (χ4v) is 1.86. The Morgan fingerprint density at radius 2 is 1.88 bits per heavy atom. The van der Waals surface area contributed by atoms with E-state index in [0.29, 0.717) is 0 Å². The first kappa shape index (κ1) is 11.9. The summed E-state index contributed by atoms with van der Waals surface area (Å²) in [7, 11) is 1.65. The smallest absolute Gasteiger partial charge is 0.120 e. The van der Waals surface area contributed by atoms with Gasteiger partial charge in [0.25, 0.3) is 0 Å². The first-order chi connectivity index (χ1) is 8.29. The number of nitrogens with zero attached hydrogens (tertiary/aromatic N) is 1. The second-order valence-electron chi connectivity index (χ2n) is 3.49. The van der Waals surface area contributed by atoms with Gasteiger partial charge in [0.15, 0.2) is 0 Å². The lowest BCUT2D eigenvalue weighted by Gasteiger charge is -2.02. The minimum absolute atomic E-state index is 0.815. The third-order valence-electron chi connectivity index (χ3n) is 2.31. The van der Waals surface area contributed by atoms with Crippen LogP contribution < -0.4 is 4.74 Å². The lowest BCUT2D eigenvalue weighted by Crippen LogP contribution is -1.82. The largest absolute Gasteiger partial charge is 0.497 e. The number of halogens is 1. The molecule has 17 heavy (non-hydrogen) atoms. The summed E-state index contributed by atoms with van der Waals surface area (Å²) >= 11 is 3.47. The van der Waals surface area contributed by atoms with Crippen molar-refractivity contribution in [3.63, 3.8) is 0 Å². The number of benzene rings is 2. The molecular formula is C14H12BrNO. The van der Waals surface area contributed by atoms with Crippen LogP contribution in [0.1, 0.15) is 5.56 Å². The second kappa shape index (κ2) is 5.64. The number of rotatable bonds is 3. The average Bonchev–Trinajstić information content (AvgIpc) is 2.38. The van der Waals surface area contributed by atoms with Crippen molar-refractivity contribution >= 4 is 27.8 Å². The number of hydrogen-bond donors (Lipinski definition) is 0. The Balaban J connectivity index is 2.22. The second-order valence-corrected chi connectivity index (χ2v) is 4.34. The number of aliphatic imine (C=N–C) groups is 1. The van der Waals surface area contributed by atoms with Crippen LogP contribution >= 0.6 is 15.9 Å². The minimum atomic E-state index is 0.815. The number of methoxy groups -OCH3 is 1. The van der Waals surface area contributed by atoms with Gasteiger partial charge in [0.1, 0.15) is 5.75 Å². The SMILES string of the molecule is COc1ccc(N=Cc2ccccc2)c(Br)c1. The molecule has 0 heterocycles. The Kier molecular flexibility index (Phi) is 3.94. The highest BCUT2D eigenvalue weighted by Crippen LogP contribution is 2.29. The highest BCUT2D eigenvalue weighted by Gasteiger charge is 1.99. The van der Waals surface area contributed by atoms with Crippen molar-refractivity contribution in [1.82, 2.24) is 0 Å². The maximum Gasteiger partial charge on any atom is 0.120 e. The van der Waals surface area contributed by atoms with Crippen LogP contribution in [0.25, 0.3) is 0 Å². The molecule has 0 unspecified atom stereocenters. The van der Waals surface area contributed by atoms with E-state index in [9.17, 15) is 0 Å². The normalized spacial score (nSPS) is 10.7. The molecule has 0 radical (unpaired) electrons. The predicted molar refractivity (Wildman–Crippen MR) is 74.4 cm³/mol. The standard InChI is InChI=1S/C14H12BrNO/c1-17-12-7-8-14(13(15)9-12)16-10-11-5-3-2-4-6-11/h2-10H,1H3. The van der Waals surface area contributed by atoms with E-state index >= 15 is 0 Å². The number of hydrogen-bond acceptors (Lipinski definition) is 2. The Hall–Kier alpha value is -1.61. The van der Waals surface area contributed by atoms with E-state index in [1.165, 1.54) is 0 Å². The van der Waals surface area contributed by atoms with Gasteiger partial charge in [0.05, 0.1) is 12.8 Å². The van der Waals surface area contributed by atoms with Gasteiger partial charge >= 0.3 is 0 Å². The van der Waals surface area contributed by atoms with E-state index in [2.05, 4.69) is 20.9 Å². The zero-order chi connectivity index (χ0) is 12.1. The zero-order valence-corrected chi connectivity index (χ0v) is 11.0. The van der Waals surface area contributed by atoms with E-state index in [1.54, 1.807) is 7.11 Å². The maximum absolute atomic E-state index is 5.13. The summed E-state index contributed by atoms with van der Waals surface area (Å²) in [4.78, 5) is 4.42. The number of ether oxygens (including phenoxy) is 1. The molecule has 0 saturated carbocycles. The molecule has 0 saturated heterocycles. The van der Waals surface area contributed by atoms with Gasteiger partial charge in [0, 0.05) is 10.7 Å². The van der Waals surface area contributed by atoms with Crippen molar-refractivity contribution in [3.8, 4) is 5.75 Å². The molecule has 0 N–H and O–H groups in total. The van der Waals surface area contributed by atoms with E-state index in [0.717, 1.165) is 21.5 Å². The summed E-state index contributed by atoms with van der Waals surface area (Å²) < 4.78 is 6.05. The zero-order valence-electron chi connectivity index (χ0n) is 9.43. The molecular weight excluding hydrogens is 278 g/mol. The van der Waals surface area contributed by atoms with E-state index in [-0.39, 0.29) is 0 Å². The van der Waals surface area contributed by atoms with Crippen LogP contribution in [0, 0.1) is 0 Å². The molecule has 3 heteroatoms. The molecule has 0 spiro atoms. The molecule has 0 amide bonds. The Labute approximate surface area is 109 Å². The summed E-state index contributed by atoms with van der Waals surface area (Å²) in [5.41, 5.74) is 1.96. The molecule has 0 aliphatic heterocycles. The van der Waals surface area contributed by atoms with Gasteiger partial charge in [-0.2, -0.15) is 0 Å². The molecule has 0 fully saturated rings.